The fourth-order valence-corrected chi connectivity index (χ4v) is 1.57. The summed E-state index contributed by atoms with van der Waals surface area (Å²) in [6.45, 7) is 6.86. The minimum Gasteiger partial charge on any atom is -0.444 e. The molecule has 1 heterocycles. The van der Waals surface area contributed by atoms with Gasteiger partial charge in [0, 0.05) is 13.1 Å². The van der Waals surface area contributed by atoms with Gasteiger partial charge in [0.05, 0.1) is 0 Å². The van der Waals surface area contributed by atoms with Crippen LogP contribution in [-0.4, -0.2) is 42.1 Å². The summed E-state index contributed by atoms with van der Waals surface area (Å²) in [4.78, 5) is 24.8. The van der Waals surface area contributed by atoms with Crippen LogP contribution in [0.4, 0.5) is 4.79 Å². The van der Waals surface area contributed by atoms with Gasteiger partial charge in [-0.15, -0.1) is 0 Å². The van der Waals surface area contributed by atoms with Crippen LogP contribution in [0.5, 0.6) is 0 Å². The van der Waals surface area contributed by atoms with E-state index in [1.807, 2.05) is 0 Å². The summed E-state index contributed by atoms with van der Waals surface area (Å²) >= 11 is 0. The van der Waals surface area contributed by atoms with Gasteiger partial charge in [0.25, 0.3) is 0 Å². The van der Waals surface area contributed by atoms with Gasteiger partial charge >= 0.3 is 6.09 Å². The minimum atomic E-state index is -0.547. The van der Waals surface area contributed by atoms with E-state index in [0.29, 0.717) is 0 Å². The number of ether oxygens (including phenoxy) is 1. The molecule has 1 saturated heterocycles. The Morgan fingerprint density at radius 2 is 1.88 bits per heavy atom. The van der Waals surface area contributed by atoms with Gasteiger partial charge in [0.2, 0.25) is 5.91 Å². The first-order valence-electron chi connectivity index (χ1n) is 5.95. The van der Waals surface area contributed by atoms with Crippen LogP contribution >= 0.6 is 0 Å². The number of amides is 2. The standard InChI is InChI=1S/C12H21N2O3/c1-12(2,3)17-11(16)13-9-10(15)14-7-5-4-6-8-14/h4H,5-9H2,1-3H3,(H,13,16). The van der Waals surface area contributed by atoms with E-state index in [9.17, 15) is 9.59 Å². The molecule has 0 aliphatic carbocycles. The summed E-state index contributed by atoms with van der Waals surface area (Å²) in [5, 5.41) is 2.47. The highest BCUT2D eigenvalue weighted by atomic mass is 16.6. The predicted octanol–water partition coefficient (Wildman–Crippen LogP) is 1.34. The summed E-state index contributed by atoms with van der Waals surface area (Å²) < 4.78 is 5.05. The molecule has 1 aliphatic rings. The SMILES string of the molecule is CC(C)(C)OC(=O)NCC(=O)N1CC[CH]CC1. The monoisotopic (exact) mass is 241 g/mol. The Morgan fingerprint density at radius 1 is 1.29 bits per heavy atom. The topological polar surface area (TPSA) is 58.6 Å². The first-order chi connectivity index (χ1) is 7.88. The van der Waals surface area contributed by atoms with Gasteiger partial charge in [-0.05, 0) is 40.0 Å². The largest absolute Gasteiger partial charge is 0.444 e. The summed E-state index contributed by atoms with van der Waals surface area (Å²) in [5.41, 5.74) is -0.535. The minimum absolute atomic E-state index is 0.00884. The Morgan fingerprint density at radius 3 is 2.41 bits per heavy atom. The summed E-state index contributed by atoms with van der Waals surface area (Å²) in [5.74, 6) is -0.0519. The fourth-order valence-electron chi connectivity index (χ4n) is 1.57. The number of carbonyl (C=O) groups excluding carboxylic acids is 2. The van der Waals surface area contributed by atoms with Gasteiger partial charge in [0.1, 0.15) is 12.1 Å². The van der Waals surface area contributed by atoms with Crippen molar-refractivity contribution in [3.05, 3.63) is 6.42 Å². The van der Waals surface area contributed by atoms with Crippen molar-refractivity contribution < 1.29 is 14.3 Å². The van der Waals surface area contributed by atoms with E-state index in [-0.39, 0.29) is 12.5 Å². The molecule has 0 saturated carbocycles. The van der Waals surface area contributed by atoms with E-state index >= 15 is 0 Å². The molecule has 97 valence electrons. The van der Waals surface area contributed by atoms with Crippen molar-refractivity contribution >= 4 is 12.0 Å². The maximum Gasteiger partial charge on any atom is 0.408 e. The van der Waals surface area contributed by atoms with Crippen LogP contribution in [0.3, 0.4) is 0 Å². The van der Waals surface area contributed by atoms with E-state index in [0.717, 1.165) is 25.9 Å². The third-order valence-corrected chi connectivity index (χ3v) is 2.34. The van der Waals surface area contributed by atoms with E-state index in [1.165, 1.54) is 0 Å². The molecule has 1 fully saturated rings. The average molecular weight is 241 g/mol. The Hall–Kier alpha value is -1.26. The molecule has 1 aliphatic heterocycles. The van der Waals surface area contributed by atoms with Crippen molar-refractivity contribution in [2.45, 2.75) is 39.2 Å². The number of likely N-dealkylation sites (tertiary alicyclic amines) is 1. The lowest BCUT2D eigenvalue weighted by molar-refractivity contribution is -0.130. The first kappa shape index (κ1) is 13.8. The van der Waals surface area contributed by atoms with Crippen LogP contribution in [0.25, 0.3) is 0 Å². The molecule has 0 aromatic rings. The molecule has 0 unspecified atom stereocenters. The summed E-state index contributed by atoms with van der Waals surface area (Å²) in [6.07, 6.45) is 3.48. The number of rotatable bonds is 2. The molecule has 1 radical (unpaired) electrons. The zero-order valence-corrected chi connectivity index (χ0v) is 10.8. The Balaban J connectivity index is 2.25. The van der Waals surface area contributed by atoms with Crippen molar-refractivity contribution in [2.75, 3.05) is 19.6 Å². The van der Waals surface area contributed by atoms with Crippen LogP contribution in [0, 0.1) is 6.42 Å². The summed E-state index contributed by atoms with van der Waals surface area (Å²) in [7, 11) is 0. The number of piperidine rings is 1. The van der Waals surface area contributed by atoms with Crippen LogP contribution in [0.2, 0.25) is 0 Å². The highest BCUT2D eigenvalue weighted by Gasteiger charge is 2.19. The molecule has 2 amide bonds. The Labute approximate surface area is 102 Å². The van der Waals surface area contributed by atoms with Crippen LogP contribution in [0.15, 0.2) is 0 Å². The van der Waals surface area contributed by atoms with Crippen LogP contribution in [-0.2, 0) is 9.53 Å². The number of hydrogen-bond acceptors (Lipinski definition) is 3. The van der Waals surface area contributed by atoms with Crippen LogP contribution < -0.4 is 5.32 Å². The molecular weight excluding hydrogens is 220 g/mol. The van der Waals surface area contributed by atoms with Gasteiger partial charge in [-0.25, -0.2) is 4.79 Å². The van der Waals surface area contributed by atoms with E-state index in [2.05, 4.69) is 11.7 Å². The first-order valence-corrected chi connectivity index (χ1v) is 5.95. The lowest BCUT2D eigenvalue weighted by Gasteiger charge is -2.27. The van der Waals surface area contributed by atoms with E-state index in [4.69, 9.17) is 4.74 Å². The van der Waals surface area contributed by atoms with Gasteiger partial charge in [-0.3, -0.25) is 4.79 Å². The van der Waals surface area contributed by atoms with Crippen molar-refractivity contribution in [2.24, 2.45) is 0 Å². The lowest BCUT2D eigenvalue weighted by atomic mass is 10.1. The fraction of sp³-hybridized carbons (Fsp3) is 0.750. The average Bonchev–Trinajstić information content (AvgIpc) is 2.25. The van der Waals surface area contributed by atoms with Gasteiger partial charge in [-0.1, -0.05) is 0 Å². The second-order valence-corrected chi connectivity index (χ2v) is 5.10. The number of alkyl carbamates (subject to hydrolysis) is 1. The van der Waals surface area contributed by atoms with Crippen molar-refractivity contribution in [3.63, 3.8) is 0 Å². The summed E-state index contributed by atoms with van der Waals surface area (Å²) in [6, 6.07) is 0. The molecule has 17 heavy (non-hydrogen) atoms. The molecule has 0 aromatic heterocycles. The molecule has 1 N–H and O–H groups in total. The van der Waals surface area contributed by atoms with Gasteiger partial charge in [-0.2, -0.15) is 0 Å². The van der Waals surface area contributed by atoms with Crippen molar-refractivity contribution in [1.82, 2.24) is 10.2 Å². The van der Waals surface area contributed by atoms with Gasteiger partial charge in [0.15, 0.2) is 0 Å². The lowest BCUT2D eigenvalue weighted by Crippen LogP contribution is -2.43. The van der Waals surface area contributed by atoms with Gasteiger partial charge < -0.3 is 15.0 Å². The third-order valence-electron chi connectivity index (χ3n) is 2.34. The Kier molecular flexibility index (Phi) is 4.78. The quantitative estimate of drug-likeness (QED) is 0.793. The van der Waals surface area contributed by atoms with Crippen molar-refractivity contribution in [3.8, 4) is 0 Å². The molecule has 0 bridgehead atoms. The number of nitrogens with zero attached hydrogens (tertiary/aromatic N) is 1. The number of nitrogens with one attached hydrogen (secondary N) is 1. The smallest absolute Gasteiger partial charge is 0.408 e. The second kappa shape index (κ2) is 5.89. The second-order valence-electron chi connectivity index (χ2n) is 5.10. The molecule has 1 rings (SSSR count). The molecule has 0 spiro atoms. The maximum atomic E-state index is 11.7. The maximum absolute atomic E-state index is 11.7. The molecule has 5 heteroatoms. The molecular formula is C12H21N2O3. The van der Waals surface area contributed by atoms with Crippen molar-refractivity contribution in [1.29, 1.82) is 0 Å². The van der Waals surface area contributed by atoms with E-state index in [1.54, 1.807) is 25.7 Å². The Bertz CT molecular complexity index is 278. The number of hydrogen-bond donors (Lipinski definition) is 1. The normalized spacial score (nSPS) is 16.5. The molecule has 0 atom stereocenters. The third kappa shape index (κ3) is 5.56. The highest BCUT2D eigenvalue weighted by Crippen LogP contribution is 2.08. The zero-order chi connectivity index (χ0) is 12.9. The van der Waals surface area contributed by atoms with E-state index < -0.39 is 11.7 Å². The molecule has 5 nitrogen and oxygen atoms in total. The molecule has 0 aromatic carbocycles. The number of carbonyl (C=O) groups is 2. The van der Waals surface area contributed by atoms with Crippen LogP contribution in [0.1, 0.15) is 33.6 Å². The highest BCUT2D eigenvalue weighted by molar-refractivity contribution is 5.82. The zero-order valence-electron chi connectivity index (χ0n) is 10.8. The predicted molar refractivity (Wildman–Crippen MR) is 64.4 cm³/mol.